The van der Waals surface area contributed by atoms with Gasteiger partial charge >= 0.3 is 0 Å². The Kier molecular flexibility index (Phi) is 4.67. The molecule has 1 aliphatic carbocycles. The molecule has 112 valence electrons. The van der Waals surface area contributed by atoms with Crippen molar-refractivity contribution < 1.29 is 18.3 Å². The predicted molar refractivity (Wildman–Crippen MR) is 76.3 cm³/mol. The Labute approximate surface area is 120 Å². The molecule has 0 spiro atoms. The molecular formula is C14H21NO4S. The quantitative estimate of drug-likeness (QED) is 0.833. The normalized spacial score (nSPS) is 22.4. The van der Waals surface area contributed by atoms with Crippen LogP contribution in [0.4, 0.5) is 0 Å². The van der Waals surface area contributed by atoms with Crippen LogP contribution in [0.5, 0.6) is 5.75 Å². The van der Waals surface area contributed by atoms with Gasteiger partial charge < -0.3 is 9.84 Å². The fraction of sp³-hybridized carbons (Fsp3) is 0.571. The molecule has 1 aromatic carbocycles. The molecular weight excluding hydrogens is 278 g/mol. The Balaban J connectivity index is 2.03. The largest absolute Gasteiger partial charge is 0.494 e. The standard InChI is InChI=1S/C14H21NO4S/c1-3-19-14-5-4-13(6-10(14)2)20(17,18)15-9-11-7-12(16)8-11/h4-6,11-12,15-16H,3,7-9H2,1-2H3. The maximum absolute atomic E-state index is 12.2. The topological polar surface area (TPSA) is 75.6 Å². The third kappa shape index (κ3) is 3.50. The molecule has 1 aliphatic rings. The smallest absolute Gasteiger partial charge is 0.240 e. The summed E-state index contributed by atoms with van der Waals surface area (Å²) in [4.78, 5) is 0.248. The van der Waals surface area contributed by atoms with Crippen molar-refractivity contribution in [3.63, 3.8) is 0 Å². The molecule has 2 rings (SSSR count). The molecule has 1 saturated carbocycles. The zero-order chi connectivity index (χ0) is 14.8. The van der Waals surface area contributed by atoms with Gasteiger partial charge in [-0.1, -0.05) is 0 Å². The van der Waals surface area contributed by atoms with E-state index >= 15 is 0 Å². The molecule has 2 N–H and O–H groups in total. The van der Waals surface area contributed by atoms with Gasteiger partial charge in [0.05, 0.1) is 17.6 Å². The van der Waals surface area contributed by atoms with Crippen LogP contribution in [-0.4, -0.2) is 32.8 Å². The summed E-state index contributed by atoms with van der Waals surface area (Å²) < 4.78 is 32.3. The Morgan fingerprint density at radius 3 is 2.65 bits per heavy atom. The average Bonchev–Trinajstić information content (AvgIpc) is 2.36. The summed E-state index contributed by atoms with van der Waals surface area (Å²) in [5, 5.41) is 9.19. The predicted octanol–water partition coefficient (Wildman–Crippen LogP) is 1.44. The van der Waals surface area contributed by atoms with Crippen molar-refractivity contribution in [2.75, 3.05) is 13.2 Å². The van der Waals surface area contributed by atoms with Crippen molar-refractivity contribution in [3.05, 3.63) is 23.8 Å². The number of aliphatic hydroxyl groups is 1. The number of nitrogens with one attached hydrogen (secondary N) is 1. The molecule has 20 heavy (non-hydrogen) atoms. The molecule has 0 unspecified atom stereocenters. The van der Waals surface area contributed by atoms with Crippen LogP contribution in [0.2, 0.25) is 0 Å². The van der Waals surface area contributed by atoms with Gasteiger partial charge in [-0.3, -0.25) is 0 Å². The highest BCUT2D eigenvalue weighted by atomic mass is 32.2. The van der Waals surface area contributed by atoms with Crippen molar-refractivity contribution in [2.24, 2.45) is 5.92 Å². The minimum Gasteiger partial charge on any atom is -0.494 e. The van der Waals surface area contributed by atoms with Gasteiger partial charge in [-0.15, -0.1) is 0 Å². The number of ether oxygens (including phenoxy) is 1. The summed E-state index contributed by atoms with van der Waals surface area (Å²) in [5.41, 5.74) is 0.800. The Bertz CT molecular complexity index is 565. The molecule has 0 aliphatic heterocycles. The maximum Gasteiger partial charge on any atom is 0.240 e. The Hall–Kier alpha value is -1.11. The van der Waals surface area contributed by atoms with E-state index in [1.54, 1.807) is 18.2 Å². The first-order valence-electron chi connectivity index (χ1n) is 6.83. The van der Waals surface area contributed by atoms with Crippen LogP contribution in [0, 0.1) is 12.8 Å². The number of benzene rings is 1. The van der Waals surface area contributed by atoms with Crippen molar-refractivity contribution in [3.8, 4) is 5.75 Å². The van der Waals surface area contributed by atoms with Gasteiger partial charge in [0.2, 0.25) is 10.0 Å². The van der Waals surface area contributed by atoms with Crippen molar-refractivity contribution in [1.82, 2.24) is 4.72 Å². The van der Waals surface area contributed by atoms with Gasteiger partial charge in [0, 0.05) is 6.54 Å². The molecule has 0 radical (unpaired) electrons. The number of hydrogen-bond acceptors (Lipinski definition) is 4. The zero-order valence-corrected chi connectivity index (χ0v) is 12.6. The summed E-state index contributed by atoms with van der Waals surface area (Å²) in [5.74, 6) is 0.942. The van der Waals surface area contributed by atoms with Crippen LogP contribution in [0.15, 0.2) is 23.1 Å². The first-order chi connectivity index (χ1) is 9.42. The van der Waals surface area contributed by atoms with E-state index in [1.807, 2.05) is 13.8 Å². The van der Waals surface area contributed by atoms with E-state index < -0.39 is 10.0 Å². The molecule has 0 bridgehead atoms. The lowest BCUT2D eigenvalue weighted by Crippen LogP contribution is -2.38. The number of aliphatic hydroxyl groups excluding tert-OH is 1. The Morgan fingerprint density at radius 2 is 2.10 bits per heavy atom. The second-order valence-corrected chi connectivity index (χ2v) is 6.97. The lowest BCUT2D eigenvalue weighted by atomic mass is 9.83. The van der Waals surface area contributed by atoms with Gasteiger partial charge in [0.15, 0.2) is 0 Å². The Morgan fingerprint density at radius 1 is 1.40 bits per heavy atom. The molecule has 0 amide bonds. The van der Waals surface area contributed by atoms with Crippen molar-refractivity contribution in [2.45, 2.75) is 37.7 Å². The van der Waals surface area contributed by atoms with Crippen LogP contribution < -0.4 is 9.46 Å². The zero-order valence-electron chi connectivity index (χ0n) is 11.8. The highest BCUT2D eigenvalue weighted by molar-refractivity contribution is 7.89. The van der Waals surface area contributed by atoms with Gasteiger partial charge in [-0.2, -0.15) is 0 Å². The van der Waals surface area contributed by atoms with E-state index in [-0.39, 0.29) is 16.9 Å². The summed E-state index contributed by atoms with van der Waals surface area (Å²) in [6, 6.07) is 4.85. The summed E-state index contributed by atoms with van der Waals surface area (Å²) >= 11 is 0. The van der Waals surface area contributed by atoms with E-state index in [0.717, 1.165) is 5.56 Å². The van der Waals surface area contributed by atoms with Gasteiger partial charge in [0.25, 0.3) is 0 Å². The van der Waals surface area contributed by atoms with E-state index in [4.69, 9.17) is 4.74 Å². The minimum absolute atomic E-state index is 0.239. The van der Waals surface area contributed by atoms with Crippen molar-refractivity contribution in [1.29, 1.82) is 0 Å². The minimum atomic E-state index is -3.49. The third-order valence-corrected chi connectivity index (χ3v) is 4.95. The second-order valence-electron chi connectivity index (χ2n) is 5.20. The second kappa shape index (κ2) is 6.11. The van der Waals surface area contributed by atoms with Gasteiger partial charge in [-0.05, 0) is 56.4 Å². The summed E-state index contributed by atoms with van der Waals surface area (Å²) in [6.07, 6.45) is 1.08. The lowest BCUT2D eigenvalue weighted by molar-refractivity contribution is 0.0453. The van der Waals surface area contributed by atoms with E-state index in [9.17, 15) is 13.5 Å². The van der Waals surface area contributed by atoms with Gasteiger partial charge in [-0.25, -0.2) is 13.1 Å². The molecule has 0 aromatic heterocycles. The first-order valence-corrected chi connectivity index (χ1v) is 8.32. The van der Waals surface area contributed by atoms with Crippen LogP contribution >= 0.6 is 0 Å². The molecule has 1 aromatic rings. The summed E-state index contributed by atoms with van der Waals surface area (Å²) in [7, 11) is -3.49. The number of aryl methyl sites for hydroxylation is 1. The van der Waals surface area contributed by atoms with Gasteiger partial charge in [0.1, 0.15) is 5.75 Å². The fourth-order valence-corrected chi connectivity index (χ4v) is 3.49. The maximum atomic E-state index is 12.2. The summed E-state index contributed by atoms with van der Waals surface area (Å²) in [6.45, 7) is 4.64. The highest BCUT2D eigenvalue weighted by Gasteiger charge is 2.28. The van der Waals surface area contributed by atoms with E-state index in [2.05, 4.69) is 4.72 Å². The average molecular weight is 299 g/mol. The molecule has 0 heterocycles. The SMILES string of the molecule is CCOc1ccc(S(=O)(=O)NCC2CC(O)C2)cc1C. The van der Waals surface area contributed by atoms with Crippen LogP contribution in [-0.2, 0) is 10.0 Å². The highest BCUT2D eigenvalue weighted by Crippen LogP contribution is 2.27. The van der Waals surface area contributed by atoms with Crippen LogP contribution in [0.25, 0.3) is 0 Å². The first kappa shape index (κ1) is 15.3. The molecule has 0 atom stereocenters. The van der Waals surface area contributed by atoms with Crippen LogP contribution in [0.3, 0.4) is 0 Å². The van der Waals surface area contributed by atoms with E-state index in [0.29, 0.717) is 31.7 Å². The number of rotatable bonds is 6. The molecule has 0 saturated heterocycles. The fourth-order valence-electron chi connectivity index (χ4n) is 2.28. The molecule has 5 nitrogen and oxygen atoms in total. The van der Waals surface area contributed by atoms with Crippen molar-refractivity contribution >= 4 is 10.0 Å². The monoisotopic (exact) mass is 299 g/mol. The number of sulfonamides is 1. The third-order valence-electron chi connectivity index (χ3n) is 3.53. The lowest BCUT2D eigenvalue weighted by Gasteiger charge is -2.31. The molecule has 1 fully saturated rings. The number of hydrogen-bond donors (Lipinski definition) is 2. The molecule has 6 heteroatoms. The van der Waals surface area contributed by atoms with E-state index in [1.165, 1.54) is 0 Å². The van der Waals surface area contributed by atoms with Crippen LogP contribution in [0.1, 0.15) is 25.3 Å².